The minimum atomic E-state index is -0.626. The Morgan fingerprint density at radius 3 is 3.00 bits per heavy atom. The molecule has 0 bridgehead atoms. The van der Waals surface area contributed by atoms with Crippen LogP contribution in [0.1, 0.15) is 20.3 Å². The number of hydrogen-bond donors (Lipinski definition) is 1. The summed E-state index contributed by atoms with van der Waals surface area (Å²) < 4.78 is 5.01. The highest BCUT2D eigenvalue weighted by Gasteiger charge is 2.18. The molecular weight excluding hydrogens is 174 g/mol. The summed E-state index contributed by atoms with van der Waals surface area (Å²) in [6.07, 6.45) is 3.87. The van der Waals surface area contributed by atoms with E-state index in [1.807, 2.05) is 13.8 Å². The molecule has 0 spiro atoms. The third-order valence-corrected chi connectivity index (χ3v) is 2.89. The van der Waals surface area contributed by atoms with E-state index < -0.39 is 5.60 Å². The van der Waals surface area contributed by atoms with Crippen molar-refractivity contribution in [3.8, 4) is 0 Å². The van der Waals surface area contributed by atoms with E-state index in [4.69, 9.17) is 4.42 Å². The average molecular weight is 187 g/mol. The lowest BCUT2D eigenvalue weighted by Gasteiger charge is -2.18. The molecule has 0 saturated carbocycles. The molecule has 1 unspecified atom stereocenters. The molecule has 0 amide bonds. The summed E-state index contributed by atoms with van der Waals surface area (Å²) in [5.74, 6) is 0.615. The van der Waals surface area contributed by atoms with Crippen molar-refractivity contribution in [2.24, 2.45) is 0 Å². The maximum atomic E-state index is 9.63. The minimum Gasteiger partial charge on any atom is -0.440 e. The Morgan fingerprint density at radius 2 is 2.50 bits per heavy atom. The largest absolute Gasteiger partial charge is 0.440 e. The number of rotatable bonds is 4. The van der Waals surface area contributed by atoms with Gasteiger partial charge in [0, 0.05) is 5.75 Å². The normalized spacial score (nSPS) is 15.9. The predicted molar refractivity (Wildman–Crippen MR) is 48.1 cm³/mol. The molecule has 68 valence electrons. The van der Waals surface area contributed by atoms with Gasteiger partial charge in [0.05, 0.1) is 11.8 Å². The number of oxazole rings is 1. The van der Waals surface area contributed by atoms with Gasteiger partial charge in [0.25, 0.3) is 5.22 Å². The Balaban J connectivity index is 2.36. The average Bonchev–Trinajstić information content (AvgIpc) is 2.53. The fourth-order valence-electron chi connectivity index (χ4n) is 0.601. The van der Waals surface area contributed by atoms with Crippen LogP contribution in [0.3, 0.4) is 0 Å². The van der Waals surface area contributed by atoms with E-state index in [9.17, 15) is 5.11 Å². The van der Waals surface area contributed by atoms with E-state index in [0.717, 1.165) is 6.42 Å². The van der Waals surface area contributed by atoms with Crippen molar-refractivity contribution < 1.29 is 9.52 Å². The first kappa shape index (κ1) is 9.61. The summed E-state index contributed by atoms with van der Waals surface area (Å²) in [7, 11) is 0. The summed E-state index contributed by atoms with van der Waals surface area (Å²) in [6.45, 7) is 3.76. The standard InChI is InChI=1S/C8H13NO2S/c1-3-8(2,10)6-12-7-9-4-5-11-7/h4-5,10H,3,6H2,1-2H3. The first-order valence-corrected chi connectivity index (χ1v) is 4.87. The summed E-state index contributed by atoms with van der Waals surface area (Å²) in [6, 6.07) is 0. The molecule has 1 aromatic rings. The summed E-state index contributed by atoms with van der Waals surface area (Å²) in [5.41, 5.74) is -0.626. The van der Waals surface area contributed by atoms with Crippen molar-refractivity contribution in [2.75, 3.05) is 5.75 Å². The van der Waals surface area contributed by atoms with E-state index in [1.165, 1.54) is 18.0 Å². The Morgan fingerprint density at radius 1 is 1.75 bits per heavy atom. The molecule has 0 aliphatic carbocycles. The predicted octanol–water partition coefficient (Wildman–Crippen LogP) is 1.93. The molecule has 1 heterocycles. The van der Waals surface area contributed by atoms with Gasteiger partial charge >= 0.3 is 0 Å². The Kier molecular flexibility index (Phi) is 3.17. The van der Waals surface area contributed by atoms with Crippen molar-refractivity contribution in [3.63, 3.8) is 0 Å². The lowest BCUT2D eigenvalue weighted by molar-refractivity contribution is 0.0813. The van der Waals surface area contributed by atoms with E-state index in [1.54, 1.807) is 6.20 Å². The van der Waals surface area contributed by atoms with Crippen LogP contribution in [-0.4, -0.2) is 21.4 Å². The van der Waals surface area contributed by atoms with Crippen LogP contribution in [-0.2, 0) is 0 Å². The van der Waals surface area contributed by atoms with Gasteiger partial charge in [0.1, 0.15) is 6.26 Å². The van der Waals surface area contributed by atoms with Crippen LogP contribution in [0.5, 0.6) is 0 Å². The van der Waals surface area contributed by atoms with Gasteiger partial charge in [0.2, 0.25) is 0 Å². The Labute approximate surface area is 76.2 Å². The number of hydrogen-bond acceptors (Lipinski definition) is 4. The molecule has 3 nitrogen and oxygen atoms in total. The highest BCUT2D eigenvalue weighted by molar-refractivity contribution is 7.99. The van der Waals surface area contributed by atoms with Gasteiger partial charge in [-0.1, -0.05) is 18.7 Å². The van der Waals surface area contributed by atoms with Crippen LogP contribution in [0, 0.1) is 0 Å². The number of thioether (sulfide) groups is 1. The summed E-state index contributed by atoms with van der Waals surface area (Å²) in [5, 5.41) is 10.2. The molecule has 0 saturated heterocycles. The quantitative estimate of drug-likeness (QED) is 0.731. The smallest absolute Gasteiger partial charge is 0.255 e. The SMILES string of the molecule is CCC(C)(O)CSc1ncco1. The molecule has 1 N–H and O–H groups in total. The van der Waals surface area contributed by atoms with Crippen LogP contribution in [0.15, 0.2) is 22.1 Å². The van der Waals surface area contributed by atoms with Crippen LogP contribution >= 0.6 is 11.8 Å². The maximum absolute atomic E-state index is 9.63. The molecule has 4 heteroatoms. The highest BCUT2D eigenvalue weighted by Crippen LogP contribution is 2.22. The fraction of sp³-hybridized carbons (Fsp3) is 0.625. The highest BCUT2D eigenvalue weighted by atomic mass is 32.2. The lowest BCUT2D eigenvalue weighted by Crippen LogP contribution is -2.25. The molecule has 0 aliphatic rings. The second-order valence-corrected chi connectivity index (χ2v) is 3.86. The van der Waals surface area contributed by atoms with Gasteiger partial charge in [0.15, 0.2) is 0 Å². The minimum absolute atomic E-state index is 0.615. The summed E-state index contributed by atoms with van der Waals surface area (Å²) >= 11 is 1.43. The van der Waals surface area contributed by atoms with Crippen molar-refractivity contribution >= 4 is 11.8 Å². The van der Waals surface area contributed by atoms with E-state index in [0.29, 0.717) is 11.0 Å². The van der Waals surface area contributed by atoms with Gasteiger partial charge in [-0.15, -0.1) is 0 Å². The van der Waals surface area contributed by atoms with Gasteiger partial charge in [-0.3, -0.25) is 0 Å². The van der Waals surface area contributed by atoms with Crippen LogP contribution in [0.4, 0.5) is 0 Å². The third kappa shape index (κ3) is 2.87. The lowest BCUT2D eigenvalue weighted by atomic mass is 10.1. The number of aromatic nitrogens is 1. The van der Waals surface area contributed by atoms with Crippen LogP contribution < -0.4 is 0 Å². The Hall–Kier alpha value is -0.480. The summed E-state index contributed by atoms with van der Waals surface area (Å²) in [4.78, 5) is 3.94. The first-order chi connectivity index (χ1) is 5.64. The van der Waals surface area contributed by atoms with Crippen molar-refractivity contribution in [2.45, 2.75) is 31.1 Å². The van der Waals surface area contributed by atoms with Crippen LogP contribution in [0.25, 0.3) is 0 Å². The van der Waals surface area contributed by atoms with Crippen molar-refractivity contribution in [1.29, 1.82) is 0 Å². The van der Waals surface area contributed by atoms with Gasteiger partial charge < -0.3 is 9.52 Å². The van der Waals surface area contributed by atoms with E-state index in [-0.39, 0.29) is 0 Å². The topological polar surface area (TPSA) is 46.3 Å². The van der Waals surface area contributed by atoms with E-state index >= 15 is 0 Å². The van der Waals surface area contributed by atoms with Crippen LogP contribution in [0.2, 0.25) is 0 Å². The molecule has 1 atom stereocenters. The number of nitrogens with zero attached hydrogens (tertiary/aromatic N) is 1. The molecule has 0 radical (unpaired) electrons. The van der Waals surface area contributed by atoms with Crippen molar-refractivity contribution in [3.05, 3.63) is 12.5 Å². The van der Waals surface area contributed by atoms with Gasteiger partial charge in [-0.25, -0.2) is 4.98 Å². The molecule has 0 fully saturated rings. The van der Waals surface area contributed by atoms with E-state index in [2.05, 4.69) is 4.98 Å². The maximum Gasteiger partial charge on any atom is 0.255 e. The molecule has 0 aliphatic heterocycles. The van der Waals surface area contributed by atoms with Gasteiger partial charge in [-0.05, 0) is 13.3 Å². The van der Waals surface area contributed by atoms with Crippen molar-refractivity contribution in [1.82, 2.24) is 4.98 Å². The second-order valence-electron chi connectivity index (χ2n) is 2.94. The molecular formula is C8H13NO2S. The number of aliphatic hydroxyl groups is 1. The second kappa shape index (κ2) is 3.96. The Bertz CT molecular complexity index is 221. The monoisotopic (exact) mass is 187 g/mol. The van der Waals surface area contributed by atoms with Gasteiger partial charge in [-0.2, -0.15) is 0 Å². The molecule has 0 aromatic carbocycles. The molecule has 1 rings (SSSR count). The zero-order chi connectivity index (χ0) is 9.03. The first-order valence-electron chi connectivity index (χ1n) is 3.89. The zero-order valence-corrected chi connectivity index (χ0v) is 8.10. The zero-order valence-electron chi connectivity index (χ0n) is 7.28. The molecule has 12 heavy (non-hydrogen) atoms. The fourth-order valence-corrected chi connectivity index (χ4v) is 1.50. The third-order valence-electron chi connectivity index (χ3n) is 1.68. The molecule has 1 aromatic heterocycles.